The molecule has 0 aliphatic heterocycles. The molecule has 130 valence electrons. The van der Waals surface area contributed by atoms with Crippen molar-refractivity contribution in [1.29, 1.82) is 0 Å². The number of hydrogen-bond acceptors (Lipinski definition) is 2. The third kappa shape index (κ3) is 5.60. The molecule has 0 radical (unpaired) electrons. The molecular formula is C19H20FN3O2. The summed E-state index contributed by atoms with van der Waals surface area (Å²) in [6.07, 6.45) is 2.48. The third-order valence-electron chi connectivity index (χ3n) is 3.89. The van der Waals surface area contributed by atoms with E-state index in [2.05, 4.69) is 16.0 Å². The number of halogens is 1. The molecule has 0 spiro atoms. The summed E-state index contributed by atoms with van der Waals surface area (Å²) in [7, 11) is 0. The fraction of sp³-hybridized carbons (Fsp3) is 0.263. The Bertz CT molecular complexity index is 740. The van der Waals surface area contributed by atoms with E-state index in [1.807, 2.05) is 12.1 Å². The maximum absolute atomic E-state index is 12.8. The summed E-state index contributed by atoms with van der Waals surface area (Å²) in [6, 6.07) is 13.1. The van der Waals surface area contributed by atoms with Gasteiger partial charge < -0.3 is 16.0 Å². The predicted molar refractivity (Wildman–Crippen MR) is 93.6 cm³/mol. The zero-order valence-corrected chi connectivity index (χ0v) is 13.7. The Morgan fingerprint density at radius 2 is 1.60 bits per heavy atom. The summed E-state index contributed by atoms with van der Waals surface area (Å²) in [6.45, 7) is 0.311. The van der Waals surface area contributed by atoms with Crippen molar-refractivity contribution < 1.29 is 14.0 Å². The molecule has 3 N–H and O–H groups in total. The van der Waals surface area contributed by atoms with Crippen molar-refractivity contribution in [2.24, 2.45) is 0 Å². The van der Waals surface area contributed by atoms with E-state index >= 15 is 0 Å². The predicted octanol–water partition coefficient (Wildman–Crippen LogP) is 2.97. The molecule has 0 aromatic heterocycles. The quantitative estimate of drug-likeness (QED) is 0.756. The minimum Gasteiger partial charge on any atom is -0.353 e. The SMILES string of the molecule is O=C(Cc1ccc(NC(=O)NCc2ccc(F)cc2)cc1)NC1CC1. The molecule has 1 aliphatic carbocycles. The van der Waals surface area contributed by atoms with Gasteiger partial charge in [-0.3, -0.25) is 4.79 Å². The van der Waals surface area contributed by atoms with Crippen LogP contribution in [0.2, 0.25) is 0 Å². The molecule has 0 saturated heterocycles. The molecule has 0 heterocycles. The first kappa shape index (κ1) is 17.0. The number of anilines is 1. The molecule has 2 aromatic rings. The Balaban J connectivity index is 1.44. The lowest BCUT2D eigenvalue weighted by atomic mass is 10.1. The van der Waals surface area contributed by atoms with Crippen molar-refractivity contribution in [2.45, 2.75) is 31.8 Å². The first-order chi connectivity index (χ1) is 12.1. The lowest BCUT2D eigenvalue weighted by Gasteiger charge is -2.09. The fourth-order valence-corrected chi connectivity index (χ4v) is 2.36. The summed E-state index contributed by atoms with van der Waals surface area (Å²) >= 11 is 0. The van der Waals surface area contributed by atoms with E-state index in [4.69, 9.17) is 0 Å². The van der Waals surface area contributed by atoms with Crippen LogP contribution < -0.4 is 16.0 Å². The fourth-order valence-electron chi connectivity index (χ4n) is 2.36. The van der Waals surface area contributed by atoms with Gasteiger partial charge in [-0.2, -0.15) is 0 Å². The Morgan fingerprint density at radius 3 is 2.24 bits per heavy atom. The van der Waals surface area contributed by atoms with Crippen LogP contribution in [0.5, 0.6) is 0 Å². The number of amides is 3. The Morgan fingerprint density at radius 1 is 0.960 bits per heavy atom. The number of carbonyl (C=O) groups excluding carboxylic acids is 2. The smallest absolute Gasteiger partial charge is 0.319 e. The minimum absolute atomic E-state index is 0.0280. The van der Waals surface area contributed by atoms with Crippen molar-refractivity contribution in [1.82, 2.24) is 10.6 Å². The second-order valence-corrected chi connectivity index (χ2v) is 6.15. The van der Waals surface area contributed by atoms with E-state index in [-0.39, 0.29) is 17.8 Å². The average molecular weight is 341 g/mol. The molecule has 25 heavy (non-hydrogen) atoms. The monoisotopic (exact) mass is 341 g/mol. The molecule has 0 atom stereocenters. The lowest BCUT2D eigenvalue weighted by Crippen LogP contribution is -2.28. The Hall–Kier alpha value is -2.89. The van der Waals surface area contributed by atoms with E-state index < -0.39 is 0 Å². The third-order valence-corrected chi connectivity index (χ3v) is 3.89. The van der Waals surface area contributed by atoms with Crippen LogP contribution in [0.15, 0.2) is 48.5 Å². The van der Waals surface area contributed by atoms with Crippen LogP contribution in [0.3, 0.4) is 0 Å². The van der Waals surface area contributed by atoms with Crippen LogP contribution in [-0.4, -0.2) is 18.0 Å². The van der Waals surface area contributed by atoms with Crippen LogP contribution in [0.1, 0.15) is 24.0 Å². The van der Waals surface area contributed by atoms with E-state index in [1.165, 1.54) is 12.1 Å². The zero-order chi connectivity index (χ0) is 17.6. The van der Waals surface area contributed by atoms with Gasteiger partial charge in [0.2, 0.25) is 5.91 Å². The average Bonchev–Trinajstić information content (AvgIpc) is 3.40. The summed E-state index contributed by atoms with van der Waals surface area (Å²) in [5.41, 5.74) is 2.35. The van der Waals surface area contributed by atoms with Crippen molar-refractivity contribution in [2.75, 3.05) is 5.32 Å². The lowest BCUT2D eigenvalue weighted by molar-refractivity contribution is -0.120. The van der Waals surface area contributed by atoms with Gasteiger partial charge >= 0.3 is 6.03 Å². The highest BCUT2D eigenvalue weighted by atomic mass is 19.1. The molecule has 3 amide bonds. The van der Waals surface area contributed by atoms with Gasteiger partial charge in [0.25, 0.3) is 0 Å². The van der Waals surface area contributed by atoms with Crippen molar-refractivity contribution >= 4 is 17.6 Å². The highest BCUT2D eigenvalue weighted by molar-refractivity contribution is 5.89. The van der Waals surface area contributed by atoms with Crippen molar-refractivity contribution in [3.8, 4) is 0 Å². The van der Waals surface area contributed by atoms with Gasteiger partial charge in [0.05, 0.1) is 6.42 Å². The zero-order valence-electron chi connectivity index (χ0n) is 13.7. The molecule has 6 heteroatoms. The number of rotatable bonds is 6. The summed E-state index contributed by atoms with van der Waals surface area (Å²) in [4.78, 5) is 23.6. The Labute approximate surface area is 145 Å². The number of carbonyl (C=O) groups is 2. The van der Waals surface area contributed by atoms with Crippen LogP contribution in [-0.2, 0) is 17.8 Å². The molecule has 1 fully saturated rings. The largest absolute Gasteiger partial charge is 0.353 e. The van der Waals surface area contributed by atoms with Gasteiger partial charge in [-0.25, -0.2) is 9.18 Å². The molecule has 1 saturated carbocycles. The second-order valence-electron chi connectivity index (χ2n) is 6.15. The van der Waals surface area contributed by atoms with E-state index in [1.54, 1.807) is 24.3 Å². The molecule has 0 bridgehead atoms. The highest BCUT2D eigenvalue weighted by Crippen LogP contribution is 2.19. The second kappa shape index (κ2) is 7.79. The summed E-state index contributed by atoms with van der Waals surface area (Å²) < 4.78 is 12.8. The number of hydrogen-bond donors (Lipinski definition) is 3. The molecule has 5 nitrogen and oxygen atoms in total. The first-order valence-electron chi connectivity index (χ1n) is 8.26. The summed E-state index contributed by atoms with van der Waals surface area (Å²) in [5, 5.41) is 8.37. The Kier molecular flexibility index (Phi) is 5.28. The van der Waals surface area contributed by atoms with Crippen molar-refractivity contribution in [3.05, 3.63) is 65.5 Å². The van der Waals surface area contributed by atoms with Crippen LogP contribution >= 0.6 is 0 Å². The topological polar surface area (TPSA) is 70.2 Å². The van der Waals surface area contributed by atoms with Gasteiger partial charge in [0.1, 0.15) is 5.82 Å². The normalized spacial score (nSPS) is 13.2. The van der Waals surface area contributed by atoms with Crippen LogP contribution in [0.25, 0.3) is 0 Å². The van der Waals surface area contributed by atoms with E-state index in [0.29, 0.717) is 24.7 Å². The minimum atomic E-state index is -0.344. The molecule has 1 aliphatic rings. The highest BCUT2D eigenvalue weighted by Gasteiger charge is 2.22. The van der Waals surface area contributed by atoms with E-state index in [0.717, 1.165) is 24.0 Å². The maximum Gasteiger partial charge on any atom is 0.319 e. The van der Waals surface area contributed by atoms with E-state index in [9.17, 15) is 14.0 Å². The van der Waals surface area contributed by atoms with Gasteiger partial charge in [-0.05, 0) is 48.2 Å². The van der Waals surface area contributed by atoms with Gasteiger partial charge in [0, 0.05) is 18.3 Å². The molecule has 2 aromatic carbocycles. The van der Waals surface area contributed by atoms with Gasteiger partial charge in [-0.1, -0.05) is 24.3 Å². The molecular weight excluding hydrogens is 321 g/mol. The number of benzene rings is 2. The number of nitrogens with one attached hydrogen (secondary N) is 3. The van der Waals surface area contributed by atoms with Crippen LogP contribution in [0.4, 0.5) is 14.9 Å². The molecule has 3 rings (SSSR count). The standard InChI is InChI=1S/C19H20FN3O2/c20-15-5-1-14(2-6-15)12-21-19(25)23-17-7-3-13(4-8-17)11-18(24)22-16-9-10-16/h1-8,16H,9-12H2,(H,22,24)(H2,21,23,25). The summed E-state index contributed by atoms with van der Waals surface area (Å²) in [5.74, 6) is -0.278. The first-order valence-corrected chi connectivity index (χ1v) is 8.26. The molecule has 0 unspecified atom stereocenters. The van der Waals surface area contributed by atoms with Crippen LogP contribution in [0, 0.1) is 5.82 Å². The van der Waals surface area contributed by atoms with Crippen molar-refractivity contribution in [3.63, 3.8) is 0 Å². The van der Waals surface area contributed by atoms with Gasteiger partial charge in [-0.15, -0.1) is 0 Å². The maximum atomic E-state index is 12.8. The van der Waals surface area contributed by atoms with Gasteiger partial charge in [0.15, 0.2) is 0 Å². The number of urea groups is 1.